The topological polar surface area (TPSA) is 64.4 Å². The minimum atomic E-state index is -0.927. The van der Waals surface area contributed by atoms with E-state index in [2.05, 4.69) is 4.98 Å². The van der Waals surface area contributed by atoms with Gasteiger partial charge in [-0.2, -0.15) is 0 Å². The lowest BCUT2D eigenvalue weighted by Crippen LogP contribution is -2.40. The Kier molecular flexibility index (Phi) is 5.80. The smallest absolute Gasteiger partial charge is 0.417 e. The van der Waals surface area contributed by atoms with E-state index in [4.69, 9.17) is 4.74 Å². The molecule has 0 N–H and O–H groups in total. The number of halogens is 3. The normalized spacial score (nSPS) is 11.6. The van der Waals surface area contributed by atoms with Gasteiger partial charge in [-0.1, -0.05) is 6.07 Å². The van der Waals surface area contributed by atoms with E-state index in [0.29, 0.717) is 11.6 Å². The molecule has 0 radical (unpaired) electrons. The molecule has 0 atom stereocenters. The van der Waals surface area contributed by atoms with E-state index in [1.807, 2.05) is 0 Å². The van der Waals surface area contributed by atoms with Gasteiger partial charge in [-0.25, -0.2) is 32.4 Å². The predicted molar refractivity (Wildman–Crippen MR) is 111 cm³/mol. The zero-order valence-corrected chi connectivity index (χ0v) is 17.8. The van der Waals surface area contributed by atoms with E-state index in [1.54, 1.807) is 34.6 Å². The highest BCUT2D eigenvalue weighted by atomic mass is 19.1. The second-order valence-electron chi connectivity index (χ2n) is 7.99. The molecule has 6 nitrogen and oxygen atoms in total. The van der Waals surface area contributed by atoms with Crippen LogP contribution < -0.4 is 10.5 Å². The number of amides is 1. The van der Waals surface area contributed by atoms with Crippen molar-refractivity contribution in [2.75, 3.05) is 11.4 Å². The lowest BCUT2D eigenvalue weighted by molar-refractivity contribution is 0.0579. The van der Waals surface area contributed by atoms with Crippen LogP contribution in [0.4, 0.5) is 23.9 Å². The number of carbonyl (C=O) groups is 1. The van der Waals surface area contributed by atoms with Crippen molar-refractivity contribution in [2.24, 2.45) is 0 Å². The predicted octanol–water partition coefficient (Wildman–Crippen LogP) is 4.87. The Morgan fingerprint density at radius 3 is 2.29 bits per heavy atom. The number of ether oxygens (including phenoxy) is 1. The van der Waals surface area contributed by atoms with E-state index in [9.17, 15) is 22.8 Å². The molecule has 9 heteroatoms. The van der Waals surface area contributed by atoms with E-state index in [-0.39, 0.29) is 29.1 Å². The zero-order chi connectivity index (χ0) is 23.1. The van der Waals surface area contributed by atoms with Gasteiger partial charge in [0.25, 0.3) is 5.56 Å². The second kappa shape index (κ2) is 8.05. The van der Waals surface area contributed by atoms with Crippen LogP contribution in [0.25, 0.3) is 16.6 Å². The van der Waals surface area contributed by atoms with Gasteiger partial charge < -0.3 is 4.74 Å². The quantitative estimate of drug-likeness (QED) is 0.591. The summed E-state index contributed by atoms with van der Waals surface area (Å²) < 4.78 is 48.7. The average Bonchev–Trinajstić information content (AvgIpc) is 2.63. The van der Waals surface area contributed by atoms with Crippen LogP contribution in [0.3, 0.4) is 0 Å². The van der Waals surface area contributed by atoms with Crippen LogP contribution in [-0.2, 0) is 4.74 Å². The van der Waals surface area contributed by atoms with Crippen molar-refractivity contribution < 1.29 is 22.7 Å². The lowest BCUT2D eigenvalue weighted by atomic mass is 10.1. The molecule has 31 heavy (non-hydrogen) atoms. The number of aryl methyl sites for hydroxylation is 1. The lowest BCUT2D eigenvalue weighted by Gasteiger charge is -2.27. The standard InChI is InChI=1S/C22H22F3N3O3/c1-6-27(21(30)31-22(3,4)5)20-26-18-16(25)8-7-12(2)17(18)19(29)28(20)15-10-13(23)9-14(24)11-15/h7-11H,6H2,1-5H3. The summed E-state index contributed by atoms with van der Waals surface area (Å²) in [4.78, 5) is 31.5. The van der Waals surface area contributed by atoms with E-state index >= 15 is 0 Å². The monoisotopic (exact) mass is 433 g/mol. The molecule has 0 fully saturated rings. The van der Waals surface area contributed by atoms with Gasteiger partial charge in [0.05, 0.1) is 11.1 Å². The average molecular weight is 433 g/mol. The number of benzene rings is 2. The molecule has 0 aliphatic rings. The molecular formula is C22H22F3N3O3. The number of nitrogens with zero attached hydrogens (tertiary/aromatic N) is 3. The molecule has 3 aromatic rings. The zero-order valence-electron chi connectivity index (χ0n) is 17.8. The first-order valence-electron chi connectivity index (χ1n) is 9.61. The Morgan fingerprint density at radius 2 is 1.74 bits per heavy atom. The number of aromatic nitrogens is 2. The Balaban J connectivity index is 2.42. The van der Waals surface area contributed by atoms with Crippen molar-refractivity contribution in [3.8, 4) is 5.69 Å². The largest absolute Gasteiger partial charge is 0.443 e. The minimum Gasteiger partial charge on any atom is -0.443 e. The fraction of sp³-hybridized carbons (Fsp3) is 0.318. The molecule has 0 aliphatic heterocycles. The third kappa shape index (κ3) is 4.40. The first kappa shape index (κ1) is 22.3. The van der Waals surface area contributed by atoms with Crippen molar-refractivity contribution in [1.82, 2.24) is 9.55 Å². The van der Waals surface area contributed by atoms with Gasteiger partial charge in [0.1, 0.15) is 28.6 Å². The maximum absolute atomic E-state index is 14.6. The molecule has 0 saturated carbocycles. The van der Waals surface area contributed by atoms with Gasteiger partial charge in [-0.3, -0.25) is 4.79 Å². The van der Waals surface area contributed by atoms with Crippen molar-refractivity contribution in [2.45, 2.75) is 40.2 Å². The third-order valence-corrected chi connectivity index (χ3v) is 4.44. The van der Waals surface area contributed by atoms with Crippen LogP contribution in [0.15, 0.2) is 35.1 Å². The summed E-state index contributed by atoms with van der Waals surface area (Å²) >= 11 is 0. The van der Waals surface area contributed by atoms with Crippen LogP contribution in [0.5, 0.6) is 0 Å². The first-order valence-corrected chi connectivity index (χ1v) is 9.61. The van der Waals surface area contributed by atoms with Crippen molar-refractivity contribution in [3.05, 3.63) is 63.7 Å². The molecule has 1 aromatic heterocycles. The number of hydrogen-bond acceptors (Lipinski definition) is 4. The van der Waals surface area contributed by atoms with Gasteiger partial charge in [0, 0.05) is 12.6 Å². The maximum Gasteiger partial charge on any atom is 0.417 e. The molecule has 2 aromatic carbocycles. The molecule has 3 rings (SSSR count). The van der Waals surface area contributed by atoms with Gasteiger partial charge in [0.15, 0.2) is 0 Å². The van der Waals surface area contributed by atoms with Crippen molar-refractivity contribution in [3.63, 3.8) is 0 Å². The highest BCUT2D eigenvalue weighted by molar-refractivity contribution is 5.89. The molecule has 164 valence electrons. The Hall–Kier alpha value is -3.36. The molecule has 0 saturated heterocycles. The van der Waals surface area contributed by atoms with Crippen LogP contribution in [-0.4, -0.2) is 27.8 Å². The van der Waals surface area contributed by atoms with Crippen LogP contribution in [0, 0.1) is 24.4 Å². The number of carbonyl (C=O) groups excluding carboxylic acids is 1. The van der Waals surface area contributed by atoms with Gasteiger partial charge in [-0.05, 0) is 58.4 Å². The van der Waals surface area contributed by atoms with Crippen molar-refractivity contribution in [1.29, 1.82) is 0 Å². The fourth-order valence-electron chi connectivity index (χ4n) is 3.15. The van der Waals surface area contributed by atoms with E-state index in [1.165, 1.54) is 6.07 Å². The minimum absolute atomic E-state index is 0.00189. The van der Waals surface area contributed by atoms with Gasteiger partial charge in [-0.15, -0.1) is 0 Å². The molecule has 0 aliphatic carbocycles. The highest BCUT2D eigenvalue weighted by Gasteiger charge is 2.28. The Morgan fingerprint density at radius 1 is 1.13 bits per heavy atom. The molecule has 0 spiro atoms. The summed E-state index contributed by atoms with van der Waals surface area (Å²) in [5.41, 5.74) is -1.66. The number of fused-ring (bicyclic) bond motifs is 1. The number of anilines is 1. The van der Waals surface area contributed by atoms with Crippen molar-refractivity contribution >= 4 is 22.9 Å². The fourth-order valence-corrected chi connectivity index (χ4v) is 3.15. The molecular weight excluding hydrogens is 411 g/mol. The first-order chi connectivity index (χ1) is 14.4. The molecule has 1 amide bonds. The molecule has 1 heterocycles. The van der Waals surface area contributed by atoms with Crippen LogP contribution in [0.2, 0.25) is 0 Å². The van der Waals surface area contributed by atoms with Crippen LogP contribution >= 0.6 is 0 Å². The number of rotatable bonds is 3. The summed E-state index contributed by atoms with van der Waals surface area (Å²) in [6, 6.07) is 5.07. The summed E-state index contributed by atoms with van der Waals surface area (Å²) in [5, 5.41) is -0.0614. The SMILES string of the molecule is CCN(C(=O)OC(C)(C)C)c1nc2c(F)ccc(C)c2c(=O)n1-c1cc(F)cc(F)c1. The Labute approximate surface area is 176 Å². The Bertz CT molecular complexity index is 1210. The summed E-state index contributed by atoms with van der Waals surface area (Å²) in [6.45, 7) is 8.16. The maximum atomic E-state index is 14.6. The van der Waals surface area contributed by atoms with Gasteiger partial charge in [0.2, 0.25) is 5.95 Å². The van der Waals surface area contributed by atoms with Crippen LogP contribution in [0.1, 0.15) is 33.3 Å². The van der Waals surface area contributed by atoms with E-state index < -0.39 is 34.7 Å². The third-order valence-electron chi connectivity index (χ3n) is 4.44. The summed E-state index contributed by atoms with van der Waals surface area (Å²) in [5.74, 6) is -2.94. The molecule has 0 unspecified atom stereocenters. The summed E-state index contributed by atoms with van der Waals surface area (Å²) in [6.07, 6.45) is -0.847. The molecule has 0 bridgehead atoms. The van der Waals surface area contributed by atoms with Gasteiger partial charge >= 0.3 is 6.09 Å². The summed E-state index contributed by atoms with van der Waals surface area (Å²) in [7, 11) is 0. The number of hydrogen-bond donors (Lipinski definition) is 0. The van der Waals surface area contributed by atoms with E-state index in [0.717, 1.165) is 27.7 Å². The highest BCUT2D eigenvalue weighted by Crippen LogP contribution is 2.25. The second-order valence-corrected chi connectivity index (χ2v) is 7.99.